The van der Waals surface area contributed by atoms with Crippen molar-refractivity contribution in [1.82, 2.24) is 4.90 Å². The molecule has 0 N–H and O–H groups in total. The van der Waals surface area contributed by atoms with E-state index in [1.807, 2.05) is 20.8 Å². The first-order valence-corrected chi connectivity index (χ1v) is 11.3. The molecule has 8 heteroatoms. The quantitative estimate of drug-likeness (QED) is 0.403. The summed E-state index contributed by atoms with van der Waals surface area (Å²) in [5, 5.41) is 0.842. The molecule has 2 heterocycles. The largest absolute Gasteiger partial charge is 0.488 e. The maximum atomic E-state index is 14.9. The van der Waals surface area contributed by atoms with Crippen LogP contribution in [0.1, 0.15) is 50.7 Å². The van der Waals surface area contributed by atoms with E-state index in [0.29, 0.717) is 58.8 Å². The fraction of sp³-hybridized carbons (Fsp3) is 0.400. The second-order valence-electron chi connectivity index (χ2n) is 9.18. The van der Waals surface area contributed by atoms with Gasteiger partial charge in [0, 0.05) is 35.7 Å². The second-order valence-corrected chi connectivity index (χ2v) is 9.59. The van der Waals surface area contributed by atoms with Crippen LogP contribution in [0.25, 0.3) is 11.0 Å². The first-order chi connectivity index (χ1) is 15.6. The molecule has 5 nitrogen and oxygen atoms in total. The first kappa shape index (κ1) is 23.4. The van der Waals surface area contributed by atoms with Crippen molar-refractivity contribution in [2.24, 2.45) is 0 Å². The first-order valence-electron chi connectivity index (χ1n) is 10.9. The SMILES string of the molecule is CC(C)(C)OC(=O)N1CCC(c2c(F)cccc2OCc2ccc(Cl)c3cc(F)oc23)CC1. The number of piperidine rings is 1. The number of nitrogens with zero attached hydrogens (tertiary/aromatic N) is 1. The Hall–Kier alpha value is -2.80. The molecule has 0 atom stereocenters. The zero-order chi connectivity index (χ0) is 23.8. The highest BCUT2D eigenvalue weighted by molar-refractivity contribution is 6.35. The van der Waals surface area contributed by atoms with Crippen molar-refractivity contribution in [2.75, 3.05) is 13.1 Å². The fourth-order valence-corrected chi connectivity index (χ4v) is 4.31. The molecule has 176 valence electrons. The average Bonchev–Trinajstić information content (AvgIpc) is 3.15. The number of likely N-dealkylation sites (tertiary alicyclic amines) is 1. The summed E-state index contributed by atoms with van der Waals surface area (Å²) in [5.74, 6) is -0.0412. The molecular formula is C25H26ClF2NO4. The molecule has 1 aliphatic rings. The average molecular weight is 478 g/mol. The van der Waals surface area contributed by atoms with Gasteiger partial charge in [0.25, 0.3) is 6.01 Å². The molecule has 1 aromatic heterocycles. The number of amides is 1. The van der Waals surface area contributed by atoms with Gasteiger partial charge < -0.3 is 18.8 Å². The van der Waals surface area contributed by atoms with Crippen LogP contribution in [0.15, 0.2) is 40.8 Å². The lowest BCUT2D eigenvalue weighted by molar-refractivity contribution is 0.0204. The molecule has 0 bridgehead atoms. The second kappa shape index (κ2) is 9.21. The smallest absolute Gasteiger partial charge is 0.410 e. The molecule has 1 saturated heterocycles. The van der Waals surface area contributed by atoms with Crippen LogP contribution in [0.4, 0.5) is 13.6 Å². The maximum Gasteiger partial charge on any atom is 0.410 e. The molecule has 0 aliphatic carbocycles. The van der Waals surface area contributed by atoms with Gasteiger partial charge in [-0.25, -0.2) is 9.18 Å². The number of furan rings is 1. The summed E-state index contributed by atoms with van der Waals surface area (Å²) in [6, 6.07) is 8.56. The summed E-state index contributed by atoms with van der Waals surface area (Å²) in [7, 11) is 0. The van der Waals surface area contributed by atoms with E-state index in [-0.39, 0.29) is 24.4 Å². The van der Waals surface area contributed by atoms with E-state index in [9.17, 15) is 13.6 Å². The number of hydrogen-bond acceptors (Lipinski definition) is 4. The highest BCUT2D eigenvalue weighted by atomic mass is 35.5. The molecule has 2 aromatic carbocycles. The number of ether oxygens (including phenoxy) is 2. The molecule has 33 heavy (non-hydrogen) atoms. The van der Waals surface area contributed by atoms with Crippen molar-refractivity contribution in [3.8, 4) is 5.75 Å². The zero-order valence-electron chi connectivity index (χ0n) is 18.8. The van der Waals surface area contributed by atoms with Gasteiger partial charge in [0.2, 0.25) is 0 Å². The number of carbonyl (C=O) groups excluding carboxylic acids is 1. The summed E-state index contributed by atoms with van der Waals surface area (Å²) < 4.78 is 45.1. The number of rotatable bonds is 4. The molecule has 1 fully saturated rings. The Balaban J connectivity index is 1.49. The number of benzene rings is 2. The van der Waals surface area contributed by atoms with Crippen LogP contribution in [0.2, 0.25) is 5.02 Å². The molecule has 3 aromatic rings. The maximum absolute atomic E-state index is 14.9. The van der Waals surface area contributed by atoms with E-state index in [2.05, 4.69) is 0 Å². The van der Waals surface area contributed by atoms with Gasteiger partial charge in [0.1, 0.15) is 29.4 Å². The predicted molar refractivity (Wildman–Crippen MR) is 122 cm³/mol. The van der Waals surface area contributed by atoms with E-state index < -0.39 is 11.6 Å². The molecule has 0 saturated carbocycles. The highest BCUT2D eigenvalue weighted by Crippen LogP contribution is 2.37. The van der Waals surface area contributed by atoms with Gasteiger partial charge in [-0.15, -0.1) is 0 Å². The number of halogens is 3. The van der Waals surface area contributed by atoms with Crippen LogP contribution in [-0.4, -0.2) is 29.7 Å². The number of hydrogen-bond donors (Lipinski definition) is 0. The Labute approximate surface area is 196 Å². The van der Waals surface area contributed by atoms with E-state index in [4.69, 9.17) is 25.5 Å². The number of carbonyl (C=O) groups is 1. The zero-order valence-corrected chi connectivity index (χ0v) is 19.5. The van der Waals surface area contributed by atoms with Crippen molar-refractivity contribution < 1.29 is 27.5 Å². The van der Waals surface area contributed by atoms with Crippen molar-refractivity contribution >= 4 is 28.7 Å². The Bertz CT molecular complexity index is 1160. The van der Waals surface area contributed by atoms with Gasteiger partial charge >= 0.3 is 6.09 Å². The van der Waals surface area contributed by atoms with Crippen LogP contribution in [0, 0.1) is 11.8 Å². The third-order valence-corrected chi connectivity index (χ3v) is 5.96. The van der Waals surface area contributed by atoms with E-state index in [0.717, 1.165) is 0 Å². The minimum atomic E-state index is -0.734. The molecule has 0 spiro atoms. The molecule has 0 radical (unpaired) electrons. The fourth-order valence-electron chi connectivity index (χ4n) is 4.10. The Morgan fingerprint density at radius 3 is 2.61 bits per heavy atom. The monoisotopic (exact) mass is 477 g/mol. The summed E-state index contributed by atoms with van der Waals surface area (Å²) in [5.41, 5.74) is 0.832. The summed E-state index contributed by atoms with van der Waals surface area (Å²) in [6.45, 7) is 6.48. The molecule has 1 amide bonds. The molecule has 0 unspecified atom stereocenters. The van der Waals surface area contributed by atoms with Crippen molar-refractivity contribution in [1.29, 1.82) is 0 Å². The topological polar surface area (TPSA) is 51.9 Å². The third-order valence-electron chi connectivity index (χ3n) is 5.63. The van der Waals surface area contributed by atoms with Gasteiger partial charge in [0.15, 0.2) is 0 Å². The molecule has 1 aliphatic heterocycles. The summed E-state index contributed by atoms with van der Waals surface area (Å²) in [4.78, 5) is 14.0. The van der Waals surface area contributed by atoms with Gasteiger partial charge in [0.05, 0.1) is 5.02 Å². The van der Waals surface area contributed by atoms with Crippen LogP contribution >= 0.6 is 11.6 Å². The minimum Gasteiger partial charge on any atom is -0.488 e. The van der Waals surface area contributed by atoms with Crippen molar-refractivity contribution in [2.45, 2.75) is 51.7 Å². The Kier molecular flexibility index (Phi) is 6.52. The van der Waals surface area contributed by atoms with Crippen LogP contribution in [0.3, 0.4) is 0 Å². The lowest BCUT2D eigenvalue weighted by Gasteiger charge is -2.34. The normalized spacial score (nSPS) is 15.2. The Morgan fingerprint density at radius 2 is 1.91 bits per heavy atom. The minimum absolute atomic E-state index is 0.0633. The molecule has 4 rings (SSSR count). The third kappa shape index (κ3) is 5.24. The van der Waals surface area contributed by atoms with Gasteiger partial charge in [-0.1, -0.05) is 23.7 Å². The lowest BCUT2D eigenvalue weighted by atomic mass is 9.88. The van der Waals surface area contributed by atoms with Gasteiger partial charge in [-0.2, -0.15) is 4.39 Å². The van der Waals surface area contributed by atoms with Crippen molar-refractivity contribution in [3.63, 3.8) is 0 Å². The number of fused-ring (bicyclic) bond motifs is 1. The highest BCUT2D eigenvalue weighted by Gasteiger charge is 2.30. The standard InChI is InChI=1S/C25H26ClF2NO4/c1-25(2,3)33-24(30)29-11-9-15(10-12-29)22-19(27)5-4-6-20(22)31-14-16-7-8-18(26)17-13-21(28)32-23(16)17/h4-8,13,15H,9-12,14H2,1-3H3. The van der Waals surface area contributed by atoms with Crippen LogP contribution < -0.4 is 4.74 Å². The van der Waals surface area contributed by atoms with E-state index >= 15 is 0 Å². The predicted octanol–water partition coefficient (Wildman–Crippen LogP) is 7.06. The van der Waals surface area contributed by atoms with Gasteiger partial charge in [-0.05, 0) is 57.7 Å². The van der Waals surface area contributed by atoms with Crippen LogP contribution in [-0.2, 0) is 11.3 Å². The van der Waals surface area contributed by atoms with Gasteiger partial charge in [-0.3, -0.25) is 0 Å². The van der Waals surface area contributed by atoms with Crippen molar-refractivity contribution in [3.05, 3.63) is 64.4 Å². The lowest BCUT2D eigenvalue weighted by Crippen LogP contribution is -2.41. The van der Waals surface area contributed by atoms with E-state index in [1.54, 1.807) is 29.2 Å². The Morgan fingerprint density at radius 1 is 1.18 bits per heavy atom. The van der Waals surface area contributed by atoms with Crippen LogP contribution in [0.5, 0.6) is 5.75 Å². The summed E-state index contributed by atoms with van der Waals surface area (Å²) >= 11 is 6.12. The molecular weight excluding hydrogens is 452 g/mol. The van der Waals surface area contributed by atoms with E-state index in [1.165, 1.54) is 12.1 Å². The summed E-state index contributed by atoms with van der Waals surface area (Å²) in [6.07, 6.45) is 0.819.